The molecular weight excluding hydrogens is 188 g/mol. The Morgan fingerprint density at radius 3 is 2.60 bits per heavy atom. The SMILES string of the molecule is C#CN(C)C1=C(N)N(C#C)CN(C)C1=C. The van der Waals surface area contributed by atoms with E-state index in [0.717, 1.165) is 5.70 Å². The standard InChI is InChI=1S/C11H14N4/c1-6-13(4)10-9(3)14(5)8-15(7-2)11(10)12/h1-2H,3,8,12H2,4-5H3. The van der Waals surface area contributed by atoms with Gasteiger partial charge in [-0.25, -0.2) is 0 Å². The first-order chi connectivity index (χ1) is 7.02. The second kappa shape index (κ2) is 3.89. The molecule has 1 aliphatic rings. The van der Waals surface area contributed by atoms with E-state index in [2.05, 4.69) is 18.7 Å². The van der Waals surface area contributed by atoms with Gasteiger partial charge in [0.2, 0.25) is 0 Å². The summed E-state index contributed by atoms with van der Waals surface area (Å²) < 4.78 is 0. The molecule has 1 rings (SSSR count). The maximum absolute atomic E-state index is 5.90. The minimum Gasteiger partial charge on any atom is -0.383 e. The van der Waals surface area contributed by atoms with Crippen molar-refractivity contribution in [2.24, 2.45) is 5.73 Å². The van der Waals surface area contributed by atoms with Crippen LogP contribution in [0.4, 0.5) is 0 Å². The molecule has 1 aliphatic heterocycles. The highest BCUT2D eigenvalue weighted by atomic mass is 15.4. The molecule has 0 unspecified atom stereocenters. The third-order valence-electron chi connectivity index (χ3n) is 2.31. The lowest BCUT2D eigenvalue weighted by molar-refractivity contribution is 0.254. The van der Waals surface area contributed by atoms with Crippen LogP contribution in [0.25, 0.3) is 0 Å². The van der Waals surface area contributed by atoms with E-state index in [1.54, 1.807) is 16.8 Å². The van der Waals surface area contributed by atoms with E-state index < -0.39 is 0 Å². The van der Waals surface area contributed by atoms with Crippen molar-refractivity contribution < 1.29 is 0 Å². The van der Waals surface area contributed by atoms with Crippen molar-refractivity contribution in [3.63, 3.8) is 0 Å². The van der Waals surface area contributed by atoms with E-state index in [0.29, 0.717) is 18.2 Å². The summed E-state index contributed by atoms with van der Waals surface area (Å²) in [6.07, 6.45) is 10.7. The first kappa shape index (κ1) is 10.9. The summed E-state index contributed by atoms with van der Waals surface area (Å²) in [5.74, 6) is 0.459. The fourth-order valence-electron chi connectivity index (χ4n) is 1.37. The molecule has 4 heteroatoms. The predicted molar refractivity (Wildman–Crippen MR) is 60.3 cm³/mol. The molecule has 2 N–H and O–H groups in total. The van der Waals surface area contributed by atoms with Crippen molar-refractivity contribution >= 4 is 0 Å². The third kappa shape index (κ3) is 1.70. The molecule has 0 bridgehead atoms. The highest BCUT2D eigenvalue weighted by Crippen LogP contribution is 2.23. The van der Waals surface area contributed by atoms with E-state index in [4.69, 9.17) is 18.6 Å². The van der Waals surface area contributed by atoms with Crippen LogP contribution < -0.4 is 5.73 Å². The molecule has 0 aliphatic carbocycles. The molecule has 0 atom stereocenters. The minimum absolute atomic E-state index is 0.459. The molecular formula is C11H14N4. The van der Waals surface area contributed by atoms with Gasteiger partial charge in [-0.3, -0.25) is 9.80 Å². The Hall–Kier alpha value is -2.20. The number of nitrogens with zero attached hydrogens (tertiary/aromatic N) is 3. The highest BCUT2D eigenvalue weighted by Gasteiger charge is 2.25. The van der Waals surface area contributed by atoms with Crippen LogP contribution in [0.1, 0.15) is 0 Å². The van der Waals surface area contributed by atoms with E-state index in [1.807, 2.05) is 11.9 Å². The van der Waals surface area contributed by atoms with Gasteiger partial charge in [0, 0.05) is 26.2 Å². The Labute approximate surface area is 90.6 Å². The van der Waals surface area contributed by atoms with Crippen molar-refractivity contribution in [1.82, 2.24) is 14.7 Å². The lowest BCUT2D eigenvalue weighted by Gasteiger charge is -2.37. The van der Waals surface area contributed by atoms with Gasteiger partial charge in [-0.05, 0) is 0 Å². The van der Waals surface area contributed by atoms with Gasteiger partial charge in [0.05, 0.1) is 5.70 Å². The first-order valence-corrected chi connectivity index (χ1v) is 4.36. The Kier molecular flexibility index (Phi) is 2.82. The van der Waals surface area contributed by atoms with Crippen LogP contribution >= 0.6 is 0 Å². The van der Waals surface area contributed by atoms with E-state index in [1.165, 1.54) is 0 Å². The third-order valence-corrected chi connectivity index (χ3v) is 2.31. The van der Waals surface area contributed by atoms with Gasteiger partial charge in [0.15, 0.2) is 0 Å². The van der Waals surface area contributed by atoms with Crippen molar-refractivity contribution in [3.8, 4) is 24.9 Å². The van der Waals surface area contributed by atoms with Gasteiger partial charge in [-0.2, -0.15) is 0 Å². The van der Waals surface area contributed by atoms with Crippen LogP contribution in [-0.2, 0) is 0 Å². The fourth-order valence-corrected chi connectivity index (χ4v) is 1.37. The Morgan fingerprint density at radius 1 is 1.53 bits per heavy atom. The monoisotopic (exact) mass is 202 g/mol. The second-order valence-electron chi connectivity index (χ2n) is 3.27. The van der Waals surface area contributed by atoms with Crippen LogP contribution in [-0.4, -0.2) is 35.5 Å². The number of nitrogens with two attached hydrogens (primary N) is 1. The van der Waals surface area contributed by atoms with Crippen LogP contribution in [0.5, 0.6) is 0 Å². The van der Waals surface area contributed by atoms with Gasteiger partial charge >= 0.3 is 0 Å². The molecule has 15 heavy (non-hydrogen) atoms. The van der Waals surface area contributed by atoms with Crippen LogP contribution in [0.2, 0.25) is 0 Å². The lowest BCUT2D eigenvalue weighted by Crippen LogP contribution is -2.43. The molecule has 4 nitrogen and oxygen atoms in total. The Morgan fingerprint density at radius 2 is 2.13 bits per heavy atom. The Balaban J connectivity index is 3.23. The van der Waals surface area contributed by atoms with E-state index in [9.17, 15) is 0 Å². The number of likely N-dealkylation sites (N-methyl/N-ethyl adjacent to an activating group) is 2. The molecule has 78 valence electrons. The number of terminal acetylenes is 2. The molecule has 0 saturated heterocycles. The van der Waals surface area contributed by atoms with Gasteiger partial charge in [0.25, 0.3) is 0 Å². The largest absolute Gasteiger partial charge is 0.383 e. The molecule has 0 saturated carbocycles. The van der Waals surface area contributed by atoms with Crippen molar-refractivity contribution in [2.45, 2.75) is 0 Å². The zero-order valence-corrected chi connectivity index (χ0v) is 8.99. The van der Waals surface area contributed by atoms with Crippen LogP contribution in [0, 0.1) is 24.9 Å². The Bertz CT molecular complexity index is 394. The number of hydrogen-bond donors (Lipinski definition) is 1. The fraction of sp³-hybridized carbons (Fsp3) is 0.273. The molecule has 0 spiro atoms. The summed E-state index contributed by atoms with van der Waals surface area (Å²) in [5.41, 5.74) is 7.34. The number of rotatable bonds is 1. The molecule has 0 fully saturated rings. The van der Waals surface area contributed by atoms with Crippen LogP contribution in [0.15, 0.2) is 23.8 Å². The lowest BCUT2D eigenvalue weighted by atomic mass is 10.2. The second-order valence-corrected chi connectivity index (χ2v) is 3.27. The normalized spacial score (nSPS) is 16.1. The summed E-state index contributed by atoms with van der Waals surface area (Å²) >= 11 is 0. The van der Waals surface area contributed by atoms with Gasteiger partial charge in [0.1, 0.15) is 18.2 Å². The zero-order valence-electron chi connectivity index (χ0n) is 8.99. The molecule has 1 heterocycles. The van der Waals surface area contributed by atoms with Gasteiger partial charge < -0.3 is 10.6 Å². The average molecular weight is 202 g/mol. The maximum Gasteiger partial charge on any atom is 0.139 e. The summed E-state index contributed by atoms with van der Waals surface area (Å²) in [6, 6.07) is 4.96. The summed E-state index contributed by atoms with van der Waals surface area (Å²) in [7, 11) is 3.62. The smallest absolute Gasteiger partial charge is 0.139 e. The summed E-state index contributed by atoms with van der Waals surface area (Å²) in [5, 5.41) is 0. The van der Waals surface area contributed by atoms with Crippen molar-refractivity contribution in [1.29, 1.82) is 0 Å². The molecule has 0 amide bonds. The predicted octanol–water partition coefficient (Wildman–Crippen LogP) is -0.0540. The molecule has 0 aromatic carbocycles. The minimum atomic E-state index is 0.459. The molecule has 0 radical (unpaired) electrons. The van der Waals surface area contributed by atoms with E-state index in [-0.39, 0.29) is 0 Å². The topological polar surface area (TPSA) is 35.7 Å². The first-order valence-electron chi connectivity index (χ1n) is 4.36. The van der Waals surface area contributed by atoms with E-state index >= 15 is 0 Å². The maximum atomic E-state index is 5.90. The zero-order chi connectivity index (χ0) is 11.6. The van der Waals surface area contributed by atoms with Crippen molar-refractivity contribution in [2.75, 3.05) is 20.8 Å². The molecule has 0 aromatic heterocycles. The summed E-state index contributed by atoms with van der Waals surface area (Å²) in [4.78, 5) is 5.04. The van der Waals surface area contributed by atoms with Gasteiger partial charge in [-0.1, -0.05) is 19.4 Å². The number of hydrogen-bond acceptors (Lipinski definition) is 4. The highest BCUT2D eigenvalue weighted by molar-refractivity contribution is 5.35. The molecule has 0 aromatic rings. The van der Waals surface area contributed by atoms with Crippen LogP contribution in [0.3, 0.4) is 0 Å². The quantitative estimate of drug-likeness (QED) is 0.477. The van der Waals surface area contributed by atoms with Gasteiger partial charge in [-0.15, -0.1) is 0 Å². The van der Waals surface area contributed by atoms with Crippen molar-refractivity contribution in [3.05, 3.63) is 23.8 Å². The average Bonchev–Trinajstić information content (AvgIpc) is 2.23. The summed E-state index contributed by atoms with van der Waals surface area (Å²) in [6.45, 7) is 4.44.